The third-order valence-corrected chi connectivity index (χ3v) is 6.26. The van der Waals surface area contributed by atoms with Gasteiger partial charge in [-0.1, -0.05) is 6.07 Å². The van der Waals surface area contributed by atoms with Crippen molar-refractivity contribution in [1.82, 2.24) is 9.80 Å². The second kappa shape index (κ2) is 10.9. The van der Waals surface area contributed by atoms with Gasteiger partial charge in [0.1, 0.15) is 5.82 Å². The topological polar surface area (TPSA) is 56.9 Å². The Morgan fingerprint density at radius 3 is 2.67 bits per heavy atom. The van der Waals surface area contributed by atoms with E-state index in [1.807, 2.05) is 17.8 Å². The van der Waals surface area contributed by atoms with Crippen molar-refractivity contribution in [2.75, 3.05) is 56.1 Å². The molecule has 0 bridgehead atoms. The van der Waals surface area contributed by atoms with Crippen LogP contribution in [0, 0.1) is 5.82 Å². The van der Waals surface area contributed by atoms with E-state index >= 15 is 0 Å². The van der Waals surface area contributed by atoms with Gasteiger partial charge in [-0.2, -0.15) is 11.8 Å². The molecule has 2 aliphatic rings. The van der Waals surface area contributed by atoms with Crippen LogP contribution in [0.2, 0.25) is 0 Å². The second-order valence-corrected chi connectivity index (χ2v) is 8.43. The molecular formula is C20H32FN5S. The van der Waals surface area contributed by atoms with Crippen molar-refractivity contribution < 1.29 is 4.39 Å². The summed E-state index contributed by atoms with van der Waals surface area (Å²) in [5.74, 6) is 2.55. The largest absolute Gasteiger partial charge is 0.343 e. The molecule has 150 valence electrons. The molecule has 1 aromatic carbocycles. The number of nitrogens with zero attached hydrogens (tertiary/aromatic N) is 3. The predicted molar refractivity (Wildman–Crippen MR) is 114 cm³/mol. The fourth-order valence-corrected chi connectivity index (χ4v) is 4.46. The lowest BCUT2D eigenvalue weighted by Crippen LogP contribution is -2.47. The predicted octanol–water partition coefficient (Wildman–Crippen LogP) is 2.85. The number of benzene rings is 1. The van der Waals surface area contributed by atoms with Crippen LogP contribution >= 0.6 is 11.8 Å². The van der Waals surface area contributed by atoms with Gasteiger partial charge in [-0.15, -0.1) is 0 Å². The molecule has 2 heterocycles. The number of hydrogen-bond acceptors (Lipinski definition) is 4. The summed E-state index contributed by atoms with van der Waals surface area (Å²) in [6.45, 7) is 5.95. The molecule has 0 spiro atoms. The van der Waals surface area contributed by atoms with Crippen LogP contribution in [0.4, 0.5) is 10.1 Å². The van der Waals surface area contributed by atoms with Crippen molar-refractivity contribution in [3.8, 4) is 0 Å². The number of nitrogens with one attached hydrogen (secondary N) is 1. The molecule has 2 fully saturated rings. The maximum absolute atomic E-state index is 13.6. The summed E-state index contributed by atoms with van der Waals surface area (Å²) < 4.78 is 13.6. The number of nitrogens with two attached hydrogens (primary N) is 1. The van der Waals surface area contributed by atoms with E-state index in [0.717, 1.165) is 42.8 Å². The van der Waals surface area contributed by atoms with Crippen molar-refractivity contribution in [1.29, 1.82) is 0 Å². The van der Waals surface area contributed by atoms with Crippen molar-refractivity contribution in [3.63, 3.8) is 0 Å². The smallest absolute Gasteiger partial charge is 0.198 e. The van der Waals surface area contributed by atoms with Gasteiger partial charge < -0.3 is 20.9 Å². The monoisotopic (exact) mass is 393 g/mol. The summed E-state index contributed by atoms with van der Waals surface area (Å²) in [4.78, 5) is 9.78. The van der Waals surface area contributed by atoms with Crippen molar-refractivity contribution >= 4 is 23.4 Å². The molecule has 3 rings (SSSR count). The molecule has 0 aromatic heterocycles. The van der Waals surface area contributed by atoms with Gasteiger partial charge in [0.15, 0.2) is 5.96 Å². The Hall–Kier alpha value is -1.31. The molecule has 27 heavy (non-hydrogen) atoms. The number of piperidine rings is 1. The first kappa shape index (κ1) is 20.4. The highest BCUT2D eigenvalue weighted by Gasteiger charge is 2.27. The quantitative estimate of drug-likeness (QED) is 0.424. The molecule has 0 aliphatic carbocycles. The number of anilines is 1. The van der Waals surface area contributed by atoms with E-state index in [0.29, 0.717) is 12.6 Å². The number of hydrogen-bond donors (Lipinski definition) is 2. The van der Waals surface area contributed by atoms with Crippen LogP contribution in [0.15, 0.2) is 29.3 Å². The molecule has 2 aliphatic heterocycles. The zero-order valence-electron chi connectivity index (χ0n) is 16.1. The second-order valence-electron chi connectivity index (χ2n) is 7.20. The summed E-state index contributed by atoms with van der Waals surface area (Å²) in [6.07, 6.45) is 5.03. The minimum atomic E-state index is -0.231. The van der Waals surface area contributed by atoms with E-state index in [1.165, 1.54) is 50.9 Å². The third-order valence-electron chi connectivity index (χ3n) is 5.26. The van der Waals surface area contributed by atoms with E-state index in [9.17, 15) is 4.39 Å². The van der Waals surface area contributed by atoms with Crippen LogP contribution in [0.1, 0.15) is 25.7 Å². The van der Waals surface area contributed by atoms with Gasteiger partial charge in [0.05, 0.1) is 6.54 Å². The summed E-state index contributed by atoms with van der Waals surface area (Å²) in [7, 11) is 0. The van der Waals surface area contributed by atoms with Gasteiger partial charge in [-0.05, 0) is 57.0 Å². The number of likely N-dealkylation sites (tertiary alicyclic amines) is 2. The molecule has 3 N–H and O–H groups in total. The highest BCUT2D eigenvalue weighted by atomic mass is 32.2. The van der Waals surface area contributed by atoms with E-state index in [-0.39, 0.29) is 5.82 Å². The molecule has 7 heteroatoms. The Labute approximate surface area is 166 Å². The van der Waals surface area contributed by atoms with Crippen LogP contribution in [0.5, 0.6) is 0 Å². The van der Waals surface area contributed by atoms with Crippen LogP contribution in [0.25, 0.3) is 0 Å². The average Bonchev–Trinajstić information content (AvgIpc) is 3.22. The number of thioether (sulfide) groups is 1. The number of guanidine groups is 1. The fourth-order valence-electron chi connectivity index (χ4n) is 3.86. The molecule has 0 unspecified atom stereocenters. The molecule has 1 aromatic rings. The van der Waals surface area contributed by atoms with Crippen molar-refractivity contribution in [3.05, 3.63) is 30.1 Å². The fraction of sp³-hybridized carbons (Fsp3) is 0.650. The highest BCUT2D eigenvalue weighted by Crippen LogP contribution is 2.22. The first-order chi connectivity index (χ1) is 13.3. The zero-order chi connectivity index (χ0) is 18.9. The standard InChI is InChI=1S/C20H32FN5S/c21-17-4-3-5-18(16-17)24-20(23-9-15-27-14-8-22)26-12-6-19(7-13-26)25-10-1-2-11-25/h3-5,16,19H,1-2,6-15,22H2,(H,23,24). The van der Waals surface area contributed by atoms with Crippen LogP contribution in [-0.4, -0.2) is 72.6 Å². The van der Waals surface area contributed by atoms with Gasteiger partial charge in [0, 0.05) is 42.9 Å². The molecule has 0 amide bonds. The third kappa shape index (κ3) is 6.36. The Morgan fingerprint density at radius 1 is 1.19 bits per heavy atom. The van der Waals surface area contributed by atoms with Crippen LogP contribution < -0.4 is 11.1 Å². The maximum atomic E-state index is 13.6. The van der Waals surface area contributed by atoms with Crippen LogP contribution in [0.3, 0.4) is 0 Å². The van der Waals surface area contributed by atoms with Gasteiger partial charge in [0.25, 0.3) is 0 Å². The highest BCUT2D eigenvalue weighted by molar-refractivity contribution is 7.99. The first-order valence-corrected chi connectivity index (χ1v) is 11.3. The first-order valence-electron chi connectivity index (χ1n) is 10.1. The molecule has 5 nitrogen and oxygen atoms in total. The van der Waals surface area contributed by atoms with E-state index in [1.54, 1.807) is 6.07 Å². The number of rotatable bonds is 7. The Kier molecular flexibility index (Phi) is 8.23. The Morgan fingerprint density at radius 2 is 1.96 bits per heavy atom. The van der Waals surface area contributed by atoms with Gasteiger partial charge in [-0.25, -0.2) is 4.39 Å². The number of aliphatic imine (C=N–C) groups is 1. The lowest BCUT2D eigenvalue weighted by Gasteiger charge is -2.38. The average molecular weight is 394 g/mol. The SMILES string of the molecule is NCCSCCN=C(Nc1cccc(F)c1)N1CCC(N2CCCC2)CC1. The van der Waals surface area contributed by atoms with Crippen molar-refractivity contribution in [2.45, 2.75) is 31.7 Å². The number of halogens is 1. The minimum Gasteiger partial charge on any atom is -0.343 e. The summed E-state index contributed by atoms with van der Waals surface area (Å²) >= 11 is 1.82. The normalized spacial score (nSPS) is 19.6. The molecule has 2 saturated heterocycles. The van der Waals surface area contributed by atoms with Gasteiger partial charge in [0.2, 0.25) is 0 Å². The van der Waals surface area contributed by atoms with Gasteiger partial charge >= 0.3 is 0 Å². The van der Waals surface area contributed by atoms with Crippen LogP contribution in [-0.2, 0) is 0 Å². The van der Waals surface area contributed by atoms with E-state index < -0.39 is 0 Å². The Balaban J connectivity index is 1.59. The van der Waals surface area contributed by atoms with Gasteiger partial charge in [-0.3, -0.25) is 4.99 Å². The summed E-state index contributed by atoms with van der Waals surface area (Å²) in [5, 5.41) is 3.35. The van der Waals surface area contributed by atoms with Crippen molar-refractivity contribution in [2.24, 2.45) is 10.7 Å². The molecular weight excluding hydrogens is 361 g/mol. The summed E-state index contributed by atoms with van der Waals surface area (Å²) in [5.41, 5.74) is 6.31. The molecule has 0 radical (unpaired) electrons. The molecule has 0 atom stereocenters. The lowest BCUT2D eigenvalue weighted by atomic mass is 10.0. The Bertz CT molecular complexity index is 598. The van der Waals surface area contributed by atoms with E-state index in [4.69, 9.17) is 10.7 Å². The maximum Gasteiger partial charge on any atom is 0.198 e. The lowest BCUT2D eigenvalue weighted by molar-refractivity contribution is 0.163. The molecule has 0 saturated carbocycles. The summed E-state index contributed by atoms with van der Waals surface area (Å²) in [6, 6.07) is 7.31. The minimum absolute atomic E-state index is 0.231. The zero-order valence-corrected chi connectivity index (χ0v) is 16.9. The van der Waals surface area contributed by atoms with E-state index in [2.05, 4.69) is 15.1 Å².